The molecule has 8 heteroatoms. The number of benzene rings is 1. The molecule has 0 bridgehead atoms. The van der Waals surface area contributed by atoms with Gasteiger partial charge in [0.05, 0.1) is 27.6 Å². The van der Waals surface area contributed by atoms with Crippen LogP contribution in [0.3, 0.4) is 0 Å². The Hall–Kier alpha value is -3.29. The zero-order chi connectivity index (χ0) is 26.0. The number of aromatic amines is 1. The van der Waals surface area contributed by atoms with Gasteiger partial charge in [0, 0.05) is 42.1 Å². The number of hydrogen-bond acceptors (Lipinski definition) is 6. The van der Waals surface area contributed by atoms with Gasteiger partial charge in [0.25, 0.3) is 0 Å². The standard InChI is InChI=1S/C29H32ClN5O2/c1-18-4-5-23(31-10-6-18)24-7-11-32-28(35-24)33-21-14-20-15-25(34-26(20)22(30)16-21)27(36)29(2,3)17-19-8-12-37-13-9-19/h5-7,10-11,14-16,19,34H,4,8-9,12-13,17H2,1-3H3,(H,32,33,35). The van der Waals surface area contributed by atoms with Crippen LogP contribution in [0.2, 0.25) is 5.02 Å². The van der Waals surface area contributed by atoms with Crippen LogP contribution in [0, 0.1) is 11.3 Å². The van der Waals surface area contributed by atoms with Crippen molar-refractivity contribution in [2.45, 2.75) is 46.5 Å². The number of nitrogens with zero attached hydrogens (tertiary/aromatic N) is 3. The minimum atomic E-state index is -0.478. The van der Waals surface area contributed by atoms with Gasteiger partial charge in [-0.25, -0.2) is 9.97 Å². The van der Waals surface area contributed by atoms with E-state index in [0.29, 0.717) is 22.6 Å². The molecule has 5 rings (SSSR count). The van der Waals surface area contributed by atoms with E-state index in [-0.39, 0.29) is 5.78 Å². The van der Waals surface area contributed by atoms with Crippen molar-refractivity contribution in [2.24, 2.45) is 16.3 Å². The molecule has 3 aromatic rings. The van der Waals surface area contributed by atoms with Gasteiger partial charge in [0.2, 0.25) is 5.95 Å². The van der Waals surface area contributed by atoms with Crippen molar-refractivity contribution in [3.63, 3.8) is 0 Å². The molecule has 37 heavy (non-hydrogen) atoms. The number of nitrogens with one attached hydrogen (secondary N) is 2. The van der Waals surface area contributed by atoms with Crippen molar-refractivity contribution in [3.8, 4) is 0 Å². The van der Waals surface area contributed by atoms with Gasteiger partial charge in [-0.05, 0) is 68.9 Å². The molecule has 2 aliphatic rings. The molecule has 192 valence electrons. The number of Topliss-reactive ketones (excluding diaryl/α,β-unsaturated/α-hetero) is 1. The number of rotatable bonds is 7. The molecule has 2 aliphatic heterocycles. The molecule has 0 atom stereocenters. The van der Waals surface area contributed by atoms with E-state index in [1.807, 2.05) is 44.2 Å². The van der Waals surface area contributed by atoms with Crippen molar-refractivity contribution in [1.82, 2.24) is 15.0 Å². The Bertz CT molecular complexity index is 1410. The highest BCUT2D eigenvalue weighted by Crippen LogP contribution is 2.36. The van der Waals surface area contributed by atoms with E-state index in [9.17, 15) is 4.79 Å². The maximum atomic E-state index is 13.5. The normalized spacial score (nSPS) is 16.9. The quantitative estimate of drug-likeness (QED) is 0.325. The number of fused-ring (bicyclic) bond motifs is 1. The molecule has 0 spiro atoms. The first-order valence-corrected chi connectivity index (χ1v) is 13.1. The number of ether oxygens (including phenoxy) is 1. The fraction of sp³-hybridized carbons (Fsp3) is 0.379. The molecule has 1 aromatic carbocycles. The summed E-state index contributed by atoms with van der Waals surface area (Å²) in [4.78, 5) is 30.3. The predicted molar refractivity (Wildman–Crippen MR) is 150 cm³/mol. The molecule has 0 amide bonds. The number of carbonyl (C=O) groups excluding carboxylic acids is 1. The van der Waals surface area contributed by atoms with Gasteiger partial charge in [0.15, 0.2) is 5.78 Å². The van der Waals surface area contributed by atoms with Crippen molar-refractivity contribution < 1.29 is 9.53 Å². The molecular weight excluding hydrogens is 486 g/mol. The third-order valence-corrected chi connectivity index (χ3v) is 7.34. The van der Waals surface area contributed by atoms with E-state index in [4.69, 9.17) is 16.3 Å². The first-order chi connectivity index (χ1) is 17.8. The molecule has 2 N–H and O–H groups in total. The van der Waals surface area contributed by atoms with Gasteiger partial charge in [-0.2, -0.15) is 0 Å². The Balaban J connectivity index is 1.36. The summed E-state index contributed by atoms with van der Waals surface area (Å²) in [6, 6.07) is 7.50. The van der Waals surface area contributed by atoms with Crippen molar-refractivity contribution in [2.75, 3.05) is 18.5 Å². The number of allylic oxidation sites excluding steroid dienone is 3. The number of ketones is 1. The van der Waals surface area contributed by atoms with Crippen molar-refractivity contribution in [1.29, 1.82) is 0 Å². The van der Waals surface area contributed by atoms with E-state index < -0.39 is 5.41 Å². The molecule has 4 heterocycles. The number of H-pyrrole nitrogens is 1. The number of hydrogen-bond donors (Lipinski definition) is 2. The molecule has 0 radical (unpaired) electrons. The lowest BCUT2D eigenvalue weighted by Gasteiger charge is -2.30. The monoisotopic (exact) mass is 517 g/mol. The number of carbonyl (C=O) groups is 1. The second-order valence-corrected chi connectivity index (χ2v) is 11.0. The highest BCUT2D eigenvalue weighted by molar-refractivity contribution is 6.35. The molecule has 2 aromatic heterocycles. The largest absolute Gasteiger partial charge is 0.381 e. The van der Waals surface area contributed by atoms with Crippen molar-refractivity contribution >= 4 is 51.8 Å². The summed E-state index contributed by atoms with van der Waals surface area (Å²) in [6.45, 7) is 7.69. The van der Waals surface area contributed by atoms with Crippen LogP contribution in [-0.2, 0) is 4.74 Å². The van der Waals surface area contributed by atoms with Gasteiger partial charge in [0.1, 0.15) is 0 Å². The average molecular weight is 518 g/mol. The molecule has 1 fully saturated rings. The van der Waals surface area contributed by atoms with Crippen molar-refractivity contribution in [3.05, 3.63) is 64.6 Å². The first kappa shape index (κ1) is 25.4. The van der Waals surface area contributed by atoms with E-state index in [0.717, 1.165) is 66.9 Å². The summed E-state index contributed by atoms with van der Waals surface area (Å²) in [7, 11) is 0. The van der Waals surface area contributed by atoms with Gasteiger partial charge in [-0.1, -0.05) is 37.1 Å². The second kappa shape index (κ2) is 10.6. The zero-order valence-corrected chi connectivity index (χ0v) is 22.2. The Kier molecular flexibility index (Phi) is 7.26. The third-order valence-electron chi connectivity index (χ3n) is 7.04. The Morgan fingerprint density at radius 3 is 2.86 bits per heavy atom. The van der Waals surface area contributed by atoms with Crippen LogP contribution < -0.4 is 5.32 Å². The van der Waals surface area contributed by atoms with E-state index >= 15 is 0 Å². The fourth-order valence-corrected chi connectivity index (χ4v) is 5.28. The minimum absolute atomic E-state index is 0.0961. The summed E-state index contributed by atoms with van der Waals surface area (Å²) >= 11 is 6.63. The van der Waals surface area contributed by atoms with Gasteiger partial charge >= 0.3 is 0 Å². The maximum Gasteiger partial charge on any atom is 0.227 e. The lowest BCUT2D eigenvalue weighted by Crippen LogP contribution is -2.30. The van der Waals surface area contributed by atoms with Gasteiger partial charge in [-0.3, -0.25) is 9.79 Å². The highest BCUT2D eigenvalue weighted by Gasteiger charge is 2.33. The molecule has 0 saturated carbocycles. The number of anilines is 2. The topological polar surface area (TPSA) is 92.3 Å². The van der Waals surface area contributed by atoms with E-state index in [1.54, 1.807) is 12.4 Å². The summed E-state index contributed by atoms with van der Waals surface area (Å²) in [5.74, 6) is 1.05. The molecule has 7 nitrogen and oxygen atoms in total. The number of aromatic nitrogens is 3. The van der Waals surface area contributed by atoms with E-state index in [1.165, 1.54) is 5.57 Å². The van der Waals surface area contributed by atoms with Crippen LogP contribution >= 0.6 is 11.6 Å². The molecule has 1 saturated heterocycles. The Morgan fingerprint density at radius 1 is 1.24 bits per heavy atom. The minimum Gasteiger partial charge on any atom is -0.381 e. The molecule has 0 aliphatic carbocycles. The molecule has 0 unspecified atom stereocenters. The SMILES string of the molecule is CC1=CC=NC(c2ccnc(Nc3cc(Cl)c4[nH]c(C(=O)C(C)(C)CC5CCOCC5)cc4c3)n2)=CC1. The fourth-order valence-electron chi connectivity index (χ4n) is 5.01. The third kappa shape index (κ3) is 5.84. The predicted octanol–water partition coefficient (Wildman–Crippen LogP) is 7.14. The maximum absolute atomic E-state index is 13.5. The average Bonchev–Trinajstić information content (AvgIpc) is 3.18. The zero-order valence-electron chi connectivity index (χ0n) is 21.5. The summed E-state index contributed by atoms with van der Waals surface area (Å²) in [5, 5.41) is 4.63. The molecular formula is C29H32ClN5O2. The van der Waals surface area contributed by atoms with Crippen LogP contribution in [-0.4, -0.2) is 40.2 Å². The van der Waals surface area contributed by atoms with E-state index in [2.05, 4.69) is 38.3 Å². The Morgan fingerprint density at radius 2 is 2.05 bits per heavy atom. The van der Waals surface area contributed by atoms with Crippen LogP contribution in [0.5, 0.6) is 0 Å². The van der Waals surface area contributed by atoms with Crippen LogP contribution in [0.1, 0.15) is 62.6 Å². The lowest BCUT2D eigenvalue weighted by atomic mass is 9.76. The van der Waals surface area contributed by atoms with Crippen LogP contribution in [0.4, 0.5) is 11.6 Å². The first-order valence-electron chi connectivity index (χ1n) is 12.7. The van der Waals surface area contributed by atoms with Crippen LogP contribution in [0.25, 0.3) is 16.6 Å². The smallest absolute Gasteiger partial charge is 0.227 e. The number of aliphatic imine (C=N–C) groups is 1. The summed E-state index contributed by atoms with van der Waals surface area (Å²) in [5.41, 5.74) is 4.37. The summed E-state index contributed by atoms with van der Waals surface area (Å²) < 4.78 is 5.48. The highest BCUT2D eigenvalue weighted by atomic mass is 35.5. The summed E-state index contributed by atoms with van der Waals surface area (Å²) in [6.07, 6.45) is 11.3. The Labute approximate surface area is 222 Å². The lowest BCUT2D eigenvalue weighted by molar-refractivity contribution is 0.0472. The van der Waals surface area contributed by atoms with Crippen LogP contribution in [0.15, 0.2) is 53.2 Å². The second-order valence-electron chi connectivity index (χ2n) is 10.6. The number of halogens is 1. The van der Waals surface area contributed by atoms with Gasteiger partial charge in [-0.15, -0.1) is 0 Å². The van der Waals surface area contributed by atoms with Gasteiger partial charge < -0.3 is 15.0 Å².